The Hall–Kier alpha value is -1.36. The minimum atomic E-state index is -0.723. The second-order valence-electron chi connectivity index (χ2n) is 4.82. The molecule has 0 spiro atoms. The first-order valence-electron chi connectivity index (χ1n) is 7.10. The Kier molecular flexibility index (Phi) is 6.56. The van der Waals surface area contributed by atoms with Gasteiger partial charge in [0, 0.05) is 18.7 Å². The van der Waals surface area contributed by atoms with Crippen molar-refractivity contribution >= 4 is 5.97 Å². The second-order valence-corrected chi connectivity index (χ2v) is 4.82. The summed E-state index contributed by atoms with van der Waals surface area (Å²) < 4.78 is 1.91. The van der Waals surface area contributed by atoms with E-state index in [0.29, 0.717) is 19.4 Å². The molecule has 1 atom stereocenters. The maximum Gasteiger partial charge on any atom is 0.306 e. The first-order chi connectivity index (χ1) is 9.12. The number of aromatic nitrogens is 2. The molecule has 0 bridgehead atoms. The fourth-order valence-corrected chi connectivity index (χ4v) is 2.23. The number of nitrogens with zero attached hydrogens (tertiary/aromatic N) is 2. The van der Waals surface area contributed by atoms with Crippen LogP contribution in [0.1, 0.15) is 44.5 Å². The quantitative estimate of drug-likeness (QED) is 0.669. The van der Waals surface area contributed by atoms with Crippen molar-refractivity contribution in [1.29, 1.82) is 0 Å². The highest BCUT2D eigenvalue weighted by Gasteiger charge is 2.20. The first kappa shape index (κ1) is 15.7. The number of aryl methyl sites for hydroxylation is 2. The van der Waals surface area contributed by atoms with Crippen molar-refractivity contribution in [3.05, 3.63) is 17.5 Å². The number of unbranched alkanes of at least 4 members (excludes halogenated alkanes) is 1. The van der Waals surface area contributed by atoms with Crippen molar-refractivity contribution in [1.82, 2.24) is 9.78 Å². The lowest BCUT2D eigenvalue weighted by Gasteiger charge is -2.12. The van der Waals surface area contributed by atoms with E-state index in [0.717, 1.165) is 37.2 Å². The molecule has 0 radical (unpaired) electrons. The van der Waals surface area contributed by atoms with Crippen molar-refractivity contribution in [3.8, 4) is 0 Å². The summed E-state index contributed by atoms with van der Waals surface area (Å²) in [4.78, 5) is 11.3. The molecule has 0 aromatic carbocycles. The van der Waals surface area contributed by atoms with E-state index in [-0.39, 0.29) is 5.92 Å². The molecular weight excluding hydrogens is 242 g/mol. The van der Waals surface area contributed by atoms with Gasteiger partial charge in [-0.05, 0) is 38.8 Å². The molecule has 0 aliphatic carbocycles. The Morgan fingerprint density at radius 3 is 2.74 bits per heavy atom. The molecule has 0 fully saturated rings. The molecule has 0 aliphatic rings. The Morgan fingerprint density at radius 2 is 2.21 bits per heavy atom. The smallest absolute Gasteiger partial charge is 0.306 e. The van der Waals surface area contributed by atoms with Crippen molar-refractivity contribution in [2.24, 2.45) is 11.7 Å². The number of hydrogen-bond donors (Lipinski definition) is 2. The highest BCUT2D eigenvalue weighted by Crippen LogP contribution is 2.17. The zero-order valence-corrected chi connectivity index (χ0v) is 11.9. The Morgan fingerprint density at radius 1 is 1.47 bits per heavy atom. The number of nitrogens with two attached hydrogens (primary N) is 1. The summed E-state index contributed by atoms with van der Waals surface area (Å²) in [6, 6.07) is 2.03. The van der Waals surface area contributed by atoms with Crippen molar-refractivity contribution in [2.45, 2.75) is 52.5 Å². The molecule has 1 heterocycles. The minimum Gasteiger partial charge on any atom is -0.481 e. The zero-order chi connectivity index (χ0) is 14.3. The molecule has 19 heavy (non-hydrogen) atoms. The van der Waals surface area contributed by atoms with E-state index in [1.807, 2.05) is 17.7 Å². The fourth-order valence-electron chi connectivity index (χ4n) is 2.23. The number of carboxylic acid groups (broad SMARTS) is 1. The summed E-state index contributed by atoms with van der Waals surface area (Å²) in [5.41, 5.74) is 7.51. The fraction of sp³-hybridized carbons (Fsp3) is 0.714. The van der Waals surface area contributed by atoms with Gasteiger partial charge in [-0.3, -0.25) is 9.48 Å². The third-order valence-electron chi connectivity index (χ3n) is 3.39. The van der Waals surface area contributed by atoms with Crippen LogP contribution in [0.15, 0.2) is 6.07 Å². The van der Waals surface area contributed by atoms with Crippen LogP contribution in [0.2, 0.25) is 0 Å². The largest absolute Gasteiger partial charge is 0.481 e. The van der Waals surface area contributed by atoms with Gasteiger partial charge in [0.2, 0.25) is 0 Å². The Bertz CT molecular complexity index is 401. The summed E-state index contributed by atoms with van der Waals surface area (Å²) in [7, 11) is 0. The number of carbonyl (C=O) groups is 1. The standard InChI is InChI=1S/C14H25N3O2/c1-3-12-10-13(17(4-2)16-12)9-11(14(18)19)7-5-6-8-15/h10-11H,3-9,15H2,1-2H3,(H,18,19). The van der Waals surface area contributed by atoms with Gasteiger partial charge in [0.05, 0.1) is 11.6 Å². The molecule has 3 N–H and O–H groups in total. The van der Waals surface area contributed by atoms with Gasteiger partial charge in [0.1, 0.15) is 0 Å². The lowest BCUT2D eigenvalue weighted by molar-refractivity contribution is -0.142. The normalized spacial score (nSPS) is 12.6. The van der Waals surface area contributed by atoms with Gasteiger partial charge in [0.15, 0.2) is 0 Å². The molecule has 0 amide bonds. The van der Waals surface area contributed by atoms with Crippen LogP contribution >= 0.6 is 0 Å². The van der Waals surface area contributed by atoms with E-state index in [9.17, 15) is 9.90 Å². The molecule has 0 saturated carbocycles. The van der Waals surface area contributed by atoms with Crippen LogP contribution in [0.25, 0.3) is 0 Å². The molecule has 1 unspecified atom stereocenters. The summed E-state index contributed by atoms with van der Waals surface area (Å²) in [6.45, 7) is 5.49. The third-order valence-corrected chi connectivity index (χ3v) is 3.39. The van der Waals surface area contributed by atoms with Gasteiger partial charge < -0.3 is 10.8 Å². The second kappa shape index (κ2) is 7.94. The predicted octanol–water partition coefficient (Wildman–Crippen LogP) is 1.84. The van der Waals surface area contributed by atoms with Crippen LogP contribution in [0.5, 0.6) is 0 Å². The zero-order valence-electron chi connectivity index (χ0n) is 11.9. The average molecular weight is 267 g/mol. The average Bonchev–Trinajstić information content (AvgIpc) is 2.80. The third kappa shape index (κ3) is 4.67. The SMILES string of the molecule is CCc1cc(CC(CCCCN)C(=O)O)n(CC)n1. The van der Waals surface area contributed by atoms with Gasteiger partial charge in [0.25, 0.3) is 0 Å². The molecule has 0 aliphatic heterocycles. The van der Waals surface area contributed by atoms with Crippen molar-refractivity contribution < 1.29 is 9.90 Å². The van der Waals surface area contributed by atoms with Crippen LogP contribution in [0.4, 0.5) is 0 Å². The molecule has 1 aromatic rings. The van der Waals surface area contributed by atoms with E-state index in [2.05, 4.69) is 12.0 Å². The van der Waals surface area contributed by atoms with Crippen LogP contribution in [0.3, 0.4) is 0 Å². The van der Waals surface area contributed by atoms with Gasteiger partial charge in [-0.25, -0.2) is 0 Å². The highest BCUT2D eigenvalue weighted by atomic mass is 16.4. The molecule has 108 valence electrons. The monoisotopic (exact) mass is 267 g/mol. The van der Waals surface area contributed by atoms with Gasteiger partial charge in [-0.15, -0.1) is 0 Å². The Labute approximate surface area is 114 Å². The molecule has 5 nitrogen and oxygen atoms in total. The predicted molar refractivity (Wildman–Crippen MR) is 75.0 cm³/mol. The van der Waals surface area contributed by atoms with E-state index in [1.165, 1.54) is 0 Å². The van der Waals surface area contributed by atoms with Crippen molar-refractivity contribution in [3.63, 3.8) is 0 Å². The molecule has 0 saturated heterocycles. The number of aliphatic carboxylic acids is 1. The van der Waals surface area contributed by atoms with E-state index < -0.39 is 5.97 Å². The lowest BCUT2D eigenvalue weighted by atomic mass is 9.96. The lowest BCUT2D eigenvalue weighted by Crippen LogP contribution is -2.19. The van der Waals surface area contributed by atoms with Crippen LogP contribution in [-0.2, 0) is 24.2 Å². The summed E-state index contributed by atoms with van der Waals surface area (Å²) in [5, 5.41) is 13.8. The van der Waals surface area contributed by atoms with Crippen LogP contribution < -0.4 is 5.73 Å². The van der Waals surface area contributed by atoms with E-state index in [4.69, 9.17) is 5.73 Å². The first-order valence-corrected chi connectivity index (χ1v) is 7.10. The summed E-state index contributed by atoms with van der Waals surface area (Å²) in [5.74, 6) is -1.06. The van der Waals surface area contributed by atoms with Gasteiger partial charge >= 0.3 is 5.97 Å². The van der Waals surface area contributed by atoms with E-state index >= 15 is 0 Å². The van der Waals surface area contributed by atoms with Crippen molar-refractivity contribution in [2.75, 3.05) is 6.54 Å². The highest BCUT2D eigenvalue weighted by molar-refractivity contribution is 5.70. The topological polar surface area (TPSA) is 81.1 Å². The molecular formula is C14H25N3O2. The summed E-state index contributed by atoms with van der Waals surface area (Å²) >= 11 is 0. The Balaban J connectivity index is 2.72. The number of hydrogen-bond acceptors (Lipinski definition) is 3. The van der Waals surface area contributed by atoms with Gasteiger partial charge in [-0.2, -0.15) is 5.10 Å². The molecule has 1 rings (SSSR count). The van der Waals surface area contributed by atoms with Crippen LogP contribution in [0, 0.1) is 5.92 Å². The molecule has 5 heteroatoms. The number of rotatable bonds is 9. The van der Waals surface area contributed by atoms with Gasteiger partial charge in [-0.1, -0.05) is 13.3 Å². The van der Waals surface area contributed by atoms with Crippen LogP contribution in [-0.4, -0.2) is 27.4 Å². The maximum absolute atomic E-state index is 11.3. The summed E-state index contributed by atoms with van der Waals surface area (Å²) in [6.07, 6.45) is 3.87. The minimum absolute atomic E-state index is 0.335. The molecule has 1 aromatic heterocycles. The maximum atomic E-state index is 11.3. The van der Waals surface area contributed by atoms with E-state index in [1.54, 1.807) is 0 Å². The number of carboxylic acids is 1.